The Hall–Kier alpha value is -3.20. The van der Waals surface area contributed by atoms with Crippen LogP contribution in [0.1, 0.15) is 27.8 Å². The second kappa shape index (κ2) is 5.78. The van der Waals surface area contributed by atoms with E-state index >= 15 is 0 Å². The first-order valence-electron chi connectivity index (χ1n) is 7.86. The van der Waals surface area contributed by atoms with Gasteiger partial charge in [0.1, 0.15) is 0 Å². The predicted molar refractivity (Wildman–Crippen MR) is 95.8 cm³/mol. The highest BCUT2D eigenvalue weighted by Gasteiger charge is 2.20. The average molecular weight is 313 g/mol. The van der Waals surface area contributed by atoms with Crippen LogP contribution in [0.15, 0.2) is 72.8 Å². The molecule has 0 bridgehead atoms. The van der Waals surface area contributed by atoms with Crippen LogP contribution in [0.2, 0.25) is 0 Å². The van der Waals surface area contributed by atoms with E-state index in [9.17, 15) is 10.1 Å². The van der Waals surface area contributed by atoms with Crippen molar-refractivity contribution < 1.29 is 4.92 Å². The summed E-state index contributed by atoms with van der Waals surface area (Å²) in [7, 11) is 0. The van der Waals surface area contributed by atoms with Crippen molar-refractivity contribution in [2.75, 3.05) is 0 Å². The first kappa shape index (κ1) is 14.4. The maximum atomic E-state index is 11.3. The van der Waals surface area contributed by atoms with Crippen molar-refractivity contribution in [2.24, 2.45) is 0 Å². The normalized spacial score (nSPS) is 12.2. The minimum Gasteiger partial charge on any atom is -0.258 e. The van der Waals surface area contributed by atoms with Crippen LogP contribution in [0.4, 0.5) is 5.69 Å². The summed E-state index contributed by atoms with van der Waals surface area (Å²) in [6.07, 6.45) is 2.83. The van der Waals surface area contributed by atoms with E-state index in [1.807, 2.05) is 36.4 Å². The van der Waals surface area contributed by atoms with Crippen molar-refractivity contribution >= 4 is 17.3 Å². The van der Waals surface area contributed by atoms with E-state index in [-0.39, 0.29) is 10.6 Å². The molecule has 0 spiro atoms. The van der Waals surface area contributed by atoms with Gasteiger partial charge in [-0.3, -0.25) is 10.1 Å². The molecule has 0 aliphatic heterocycles. The number of hydrogen-bond acceptors (Lipinski definition) is 2. The Labute approximate surface area is 140 Å². The molecule has 0 N–H and O–H groups in total. The molecule has 0 atom stereocenters. The van der Waals surface area contributed by atoms with Crippen molar-refractivity contribution in [3.63, 3.8) is 0 Å². The van der Waals surface area contributed by atoms with Crippen molar-refractivity contribution in [1.82, 2.24) is 0 Å². The van der Waals surface area contributed by atoms with Gasteiger partial charge in [0.05, 0.1) is 10.5 Å². The lowest BCUT2D eigenvalue weighted by Crippen LogP contribution is -2.06. The van der Waals surface area contributed by atoms with E-state index in [1.165, 1.54) is 11.1 Å². The highest BCUT2D eigenvalue weighted by molar-refractivity contribution is 5.96. The molecule has 3 nitrogen and oxygen atoms in total. The zero-order chi connectivity index (χ0) is 16.5. The zero-order valence-corrected chi connectivity index (χ0v) is 13.0. The standard InChI is InChI=1S/C21H15NO2/c23-22(24)21-12-6-3-9-17(21)14-20-18-10-4-1-7-15(18)13-16-8-2-5-11-19(16)20/h1-12,14H,13H2. The Bertz CT molecular complexity index is 925. The second-order valence-corrected chi connectivity index (χ2v) is 5.87. The summed E-state index contributed by atoms with van der Waals surface area (Å²) in [6.45, 7) is 0. The second-order valence-electron chi connectivity index (χ2n) is 5.87. The molecule has 0 radical (unpaired) electrons. The molecule has 0 heterocycles. The number of nitro benzene ring substituents is 1. The molecular formula is C21H15NO2. The van der Waals surface area contributed by atoms with Crippen molar-refractivity contribution in [1.29, 1.82) is 0 Å². The molecule has 1 aliphatic rings. The van der Waals surface area contributed by atoms with Crippen LogP contribution in [-0.2, 0) is 6.42 Å². The molecule has 24 heavy (non-hydrogen) atoms. The van der Waals surface area contributed by atoms with Gasteiger partial charge >= 0.3 is 0 Å². The number of para-hydroxylation sites is 1. The van der Waals surface area contributed by atoms with Gasteiger partial charge in [-0.2, -0.15) is 0 Å². The van der Waals surface area contributed by atoms with E-state index in [4.69, 9.17) is 0 Å². The summed E-state index contributed by atoms with van der Waals surface area (Å²) in [5.41, 5.74) is 6.60. The molecular weight excluding hydrogens is 298 g/mol. The fourth-order valence-corrected chi connectivity index (χ4v) is 3.31. The SMILES string of the molecule is O=[N+]([O-])c1ccccc1C=C1c2ccccc2Cc2ccccc21. The maximum absolute atomic E-state index is 11.3. The number of fused-ring (bicyclic) bond motifs is 2. The van der Waals surface area contributed by atoms with Crippen LogP contribution < -0.4 is 0 Å². The van der Waals surface area contributed by atoms with E-state index in [0.29, 0.717) is 5.56 Å². The largest absolute Gasteiger partial charge is 0.276 e. The van der Waals surface area contributed by atoms with Crippen LogP contribution >= 0.6 is 0 Å². The summed E-state index contributed by atoms with van der Waals surface area (Å²) in [5, 5.41) is 11.3. The van der Waals surface area contributed by atoms with Gasteiger partial charge in [-0.15, -0.1) is 0 Å². The zero-order valence-electron chi connectivity index (χ0n) is 13.0. The third-order valence-electron chi connectivity index (χ3n) is 4.43. The molecule has 0 saturated heterocycles. The minimum absolute atomic E-state index is 0.130. The quantitative estimate of drug-likeness (QED) is 0.382. The molecule has 0 unspecified atom stereocenters. The molecule has 0 aromatic heterocycles. The number of rotatable bonds is 2. The van der Waals surface area contributed by atoms with Gasteiger partial charge in [-0.1, -0.05) is 60.7 Å². The summed E-state index contributed by atoms with van der Waals surface area (Å²) in [4.78, 5) is 11.0. The highest BCUT2D eigenvalue weighted by Crippen LogP contribution is 2.37. The molecule has 0 amide bonds. The molecule has 3 aromatic carbocycles. The van der Waals surface area contributed by atoms with Crippen molar-refractivity contribution in [2.45, 2.75) is 6.42 Å². The fourth-order valence-electron chi connectivity index (χ4n) is 3.31. The van der Waals surface area contributed by atoms with Crippen LogP contribution in [-0.4, -0.2) is 4.92 Å². The molecule has 3 aromatic rings. The summed E-state index contributed by atoms with van der Waals surface area (Å²) >= 11 is 0. The number of benzene rings is 3. The molecule has 1 aliphatic carbocycles. The predicted octanol–water partition coefficient (Wildman–Crippen LogP) is 5.09. The third kappa shape index (κ3) is 2.40. The van der Waals surface area contributed by atoms with Gasteiger partial charge in [0.15, 0.2) is 0 Å². The smallest absolute Gasteiger partial charge is 0.258 e. The number of nitro groups is 1. The number of nitrogens with zero attached hydrogens (tertiary/aromatic N) is 1. The highest BCUT2D eigenvalue weighted by atomic mass is 16.6. The van der Waals surface area contributed by atoms with Crippen LogP contribution in [0.3, 0.4) is 0 Å². The first-order valence-corrected chi connectivity index (χ1v) is 7.86. The lowest BCUT2D eigenvalue weighted by molar-refractivity contribution is -0.385. The van der Waals surface area contributed by atoms with Crippen molar-refractivity contribution in [3.05, 3.63) is 111 Å². The average Bonchev–Trinajstić information content (AvgIpc) is 2.62. The summed E-state index contributed by atoms with van der Waals surface area (Å²) < 4.78 is 0. The topological polar surface area (TPSA) is 43.1 Å². The Kier molecular flexibility index (Phi) is 3.47. The van der Waals surface area contributed by atoms with Gasteiger partial charge in [-0.25, -0.2) is 0 Å². The summed E-state index contributed by atoms with van der Waals surface area (Å²) in [5.74, 6) is 0. The van der Waals surface area contributed by atoms with Crippen LogP contribution in [0.25, 0.3) is 11.6 Å². The Balaban J connectivity index is 1.97. The Morgan fingerprint density at radius 2 is 1.33 bits per heavy atom. The van der Waals surface area contributed by atoms with Gasteiger partial charge in [0.2, 0.25) is 0 Å². The van der Waals surface area contributed by atoms with Crippen LogP contribution in [0, 0.1) is 10.1 Å². The van der Waals surface area contributed by atoms with Gasteiger partial charge < -0.3 is 0 Å². The van der Waals surface area contributed by atoms with Gasteiger partial charge in [0.25, 0.3) is 5.69 Å². The molecule has 0 saturated carbocycles. The van der Waals surface area contributed by atoms with Gasteiger partial charge in [-0.05, 0) is 46.4 Å². The maximum Gasteiger partial charge on any atom is 0.276 e. The third-order valence-corrected chi connectivity index (χ3v) is 4.43. The van der Waals surface area contributed by atoms with Crippen molar-refractivity contribution in [3.8, 4) is 0 Å². The molecule has 0 fully saturated rings. The van der Waals surface area contributed by atoms with Crippen LogP contribution in [0.5, 0.6) is 0 Å². The first-order chi connectivity index (χ1) is 11.7. The van der Waals surface area contributed by atoms with E-state index in [2.05, 4.69) is 24.3 Å². The van der Waals surface area contributed by atoms with E-state index < -0.39 is 0 Å². The van der Waals surface area contributed by atoms with E-state index in [0.717, 1.165) is 23.1 Å². The molecule has 116 valence electrons. The lowest BCUT2D eigenvalue weighted by Gasteiger charge is -2.22. The van der Waals surface area contributed by atoms with Gasteiger partial charge in [0, 0.05) is 6.07 Å². The Morgan fingerprint density at radius 1 is 0.792 bits per heavy atom. The lowest BCUT2D eigenvalue weighted by atomic mass is 9.81. The Morgan fingerprint density at radius 3 is 1.96 bits per heavy atom. The summed E-state index contributed by atoms with van der Waals surface area (Å²) in [6, 6.07) is 23.4. The molecule has 3 heteroatoms. The van der Waals surface area contributed by atoms with E-state index in [1.54, 1.807) is 18.2 Å². The minimum atomic E-state index is -0.326. The fraction of sp³-hybridized carbons (Fsp3) is 0.0476. The number of hydrogen-bond donors (Lipinski definition) is 0. The molecule has 4 rings (SSSR count). The monoisotopic (exact) mass is 313 g/mol.